The molecule has 1 N–H and O–H groups in total. The van der Waals surface area contributed by atoms with E-state index in [-0.39, 0.29) is 5.54 Å². The zero-order chi connectivity index (χ0) is 11.4. The number of likely N-dealkylation sites (tertiary alicyclic amines) is 1. The van der Waals surface area contributed by atoms with E-state index in [9.17, 15) is 5.26 Å². The molecule has 0 saturated carbocycles. The van der Waals surface area contributed by atoms with Crippen molar-refractivity contribution in [3.63, 3.8) is 0 Å². The maximum absolute atomic E-state index is 9.33. The zero-order valence-corrected chi connectivity index (χ0v) is 10.0. The predicted octanol–water partition coefficient (Wildman–Crippen LogP) is 0.743. The fourth-order valence-corrected chi connectivity index (χ4v) is 2.44. The summed E-state index contributed by atoms with van der Waals surface area (Å²) in [6, 6.07) is 2.47. The van der Waals surface area contributed by atoms with E-state index in [1.165, 1.54) is 0 Å². The van der Waals surface area contributed by atoms with Gasteiger partial charge in [-0.15, -0.1) is 0 Å². The first-order valence-corrected chi connectivity index (χ1v) is 6.20. The molecular formula is C12H21N3O. The number of hydrogen-bond donors (Lipinski definition) is 1. The quantitative estimate of drug-likeness (QED) is 0.767. The summed E-state index contributed by atoms with van der Waals surface area (Å²) >= 11 is 0. The van der Waals surface area contributed by atoms with Crippen LogP contribution in [0, 0.1) is 11.3 Å². The third-order valence-electron chi connectivity index (χ3n) is 3.75. The molecule has 90 valence electrons. The van der Waals surface area contributed by atoms with Gasteiger partial charge in [0, 0.05) is 26.2 Å². The molecule has 0 aromatic rings. The third-order valence-corrected chi connectivity index (χ3v) is 3.75. The summed E-state index contributed by atoms with van der Waals surface area (Å²) in [7, 11) is 2.11. The normalized spacial score (nSPS) is 30.1. The van der Waals surface area contributed by atoms with Crippen molar-refractivity contribution in [3.05, 3.63) is 0 Å². The van der Waals surface area contributed by atoms with E-state index < -0.39 is 0 Å². The summed E-state index contributed by atoms with van der Waals surface area (Å²) < 4.78 is 5.57. The summed E-state index contributed by atoms with van der Waals surface area (Å²) in [4.78, 5) is 2.28. The summed E-state index contributed by atoms with van der Waals surface area (Å²) in [6.07, 6.45) is 4.47. The first kappa shape index (κ1) is 11.8. The molecule has 0 aromatic heterocycles. The van der Waals surface area contributed by atoms with Crippen molar-refractivity contribution >= 4 is 0 Å². The van der Waals surface area contributed by atoms with Gasteiger partial charge in [0.25, 0.3) is 0 Å². The molecule has 0 aromatic carbocycles. The highest BCUT2D eigenvalue weighted by atomic mass is 16.5. The van der Waals surface area contributed by atoms with E-state index in [1.54, 1.807) is 0 Å². The molecule has 0 radical (unpaired) electrons. The molecule has 1 unspecified atom stereocenters. The molecule has 2 fully saturated rings. The van der Waals surface area contributed by atoms with E-state index in [0.717, 1.165) is 51.9 Å². The highest BCUT2D eigenvalue weighted by Crippen LogP contribution is 2.21. The summed E-state index contributed by atoms with van der Waals surface area (Å²) in [5, 5.41) is 12.8. The van der Waals surface area contributed by atoms with Crippen LogP contribution in [-0.4, -0.2) is 49.8 Å². The fourth-order valence-electron chi connectivity index (χ4n) is 2.44. The Morgan fingerprint density at radius 3 is 2.81 bits per heavy atom. The number of hydrogen-bond acceptors (Lipinski definition) is 4. The Hall–Kier alpha value is -0.630. The van der Waals surface area contributed by atoms with Gasteiger partial charge in [-0.3, -0.25) is 5.32 Å². The Labute approximate surface area is 97.6 Å². The number of nitrogens with one attached hydrogen (secondary N) is 1. The fraction of sp³-hybridized carbons (Fsp3) is 0.917. The maximum Gasteiger partial charge on any atom is 0.109 e. The van der Waals surface area contributed by atoms with Crippen molar-refractivity contribution in [2.75, 3.05) is 33.3 Å². The van der Waals surface area contributed by atoms with Gasteiger partial charge in [0.2, 0.25) is 0 Å². The van der Waals surface area contributed by atoms with Gasteiger partial charge in [-0.1, -0.05) is 0 Å². The lowest BCUT2D eigenvalue weighted by Crippen LogP contribution is -2.53. The second-order valence-corrected chi connectivity index (χ2v) is 5.01. The molecule has 0 spiro atoms. The van der Waals surface area contributed by atoms with E-state index >= 15 is 0 Å². The van der Waals surface area contributed by atoms with Crippen LogP contribution in [0.25, 0.3) is 0 Å². The van der Waals surface area contributed by atoms with Gasteiger partial charge in [0.05, 0.1) is 12.2 Å². The van der Waals surface area contributed by atoms with Crippen LogP contribution in [0.1, 0.15) is 25.7 Å². The second kappa shape index (κ2) is 5.13. The van der Waals surface area contributed by atoms with Crippen molar-refractivity contribution in [2.24, 2.45) is 0 Å². The standard InChI is InChI=1S/C12H21N3O/c1-15-6-4-12(10-13,5-7-15)14-9-11-3-2-8-16-11/h11,14H,2-9H2,1H3. The van der Waals surface area contributed by atoms with E-state index in [4.69, 9.17) is 4.74 Å². The minimum Gasteiger partial charge on any atom is -0.377 e. The summed E-state index contributed by atoms with van der Waals surface area (Å²) in [6.45, 7) is 3.73. The van der Waals surface area contributed by atoms with Crippen molar-refractivity contribution in [1.29, 1.82) is 5.26 Å². The van der Waals surface area contributed by atoms with Gasteiger partial charge in [0.15, 0.2) is 0 Å². The molecule has 0 aliphatic carbocycles. The average Bonchev–Trinajstić information content (AvgIpc) is 2.82. The minimum atomic E-state index is -0.307. The number of nitrogens with zero attached hydrogens (tertiary/aromatic N) is 2. The van der Waals surface area contributed by atoms with Crippen LogP contribution < -0.4 is 5.32 Å². The lowest BCUT2D eigenvalue weighted by atomic mass is 9.89. The molecule has 1 atom stereocenters. The molecule has 2 saturated heterocycles. The molecule has 2 aliphatic rings. The molecule has 2 aliphatic heterocycles. The van der Waals surface area contributed by atoms with Gasteiger partial charge in [0.1, 0.15) is 5.54 Å². The van der Waals surface area contributed by atoms with Crippen LogP contribution in [0.15, 0.2) is 0 Å². The number of nitriles is 1. The Balaban J connectivity index is 1.82. The van der Waals surface area contributed by atoms with Gasteiger partial charge in [-0.25, -0.2) is 0 Å². The minimum absolute atomic E-state index is 0.307. The first-order chi connectivity index (χ1) is 7.74. The molecular weight excluding hydrogens is 202 g/mol. The molecule has 2 heterocycles. The molecule has 0 bridgehead atoms. The summed E-state index contributed by atoms with van der Waals surface area (Å²) in [5.41, 5.74) is -0.307. The van der Waals surface area contributed by atoms with E-state index in [0.29, 0.717) is 6.10 Å². The maximum atomic E-state index is 9.33. The van der Waals surface area contributed by atoms with Gasteiger partial charge >= 0.3 is 0 Å². The van der Waals surface area contributed by atoms with Crippen LogP contribution in [0.5, 0.6) is 0 Å². The molecule has 16 heavy (non-hydrogen) atoms. The van der Waals surface area contributed by atoms with Gasteiger partial charge < -0.3 is 9.64 Å². The highest BCUT2D eigenvalue weighted by molar-refractivity contribution is 5.09. The van der Waals surface area contributed by atoms with Crippen LogP contribution in [0.3, 0.4) is 0 Å². The molecule has 2 rings (SSSR count). The van der Waals surface area contributed by atoms with Crippen molar-refractivity contribution < 1.29 is 4.74 Å². The van der Waals surface area contributed by atoms with Crippen molar-refractivity contribution in [3.8, 4) is 6.07 Å². The second-order valence-electron chi connectivity index (χ2n) is 5.01. The zero-order valence-electron chi connectivity index (χ0n) is 10.0. The number of rotatable bonds is 3. The van der Waals surface area contributed by atoms with Crippen LogP contribution in [-0.2, 0) is 4.74 Å². The highest BCUT2D eigenvalue weighted by Gasteiger charge is 2.34. The van der Waals surface area contributed by atoms with Crippen LogP contribution in [0.4, 0.5) is 0 Å². The number of piperidine rings is 1. The SMILES string of the molecule is CN1CCC(C#N)(NCC2CCCO2)CC1. The van der Waals surface area contributed by atoms with Crippen molar-refractivity contribution in [2.45, 2.75) is 37.3 Å². The number of ether oxygens (including phenoxy) is 1. The Morgan fingerprint density at radius 1 is 1.50 bits per heavy atom. The smallest absolute Gasteiger partial charge is 0.109 e. The van der Waals surface area contributed by atoms with E-state index in [1.807, 2.05) is 0 Å². The van der Waals surface area contributed by atoms with Crippen LogP contribution >= 0.6 is 0 Å². The van der Waals surface area contributed by atoms with Gasteiger partial charge in [-0.2, -0.15) is 5.26 Å². The lowest BCUT2D eigenvalue weighted by Gasteiger charge is -2.36. The predicted molar refractivity (Wildman–Crippen MR) is 62.1 cm³/mol. The Bertz CT molecular complexity index is 260. The Kier molecular flexibility index (Phi) is 3.80. The average molecular weight is 223 g/mol. The van der Waals surface area contributed by atoms with E-state index in [2.05, 4.69) is 23.3 Å². The molecule has 4 heteroatoms. The molecule has 4 nitrogen and oxygen atoms in total. The topological polar surface area (TPSA) is 48.3 Å². The molecule has 0 amide bonds. The lowest BCUT2D eigenvalue weighted by molar-refractivity contribution is 0.0968. The third kappa shape index (κ3) is 2.73. The monoisotopic (exact) mass is 223 g/mol. The largest absolute Gasteiger partial charge is 0.377 e. The first-order valence-electron chi connectivity index (χ1n) is 6.20. The van der Waals surface area contributed by atoms with Crippen molar-refractivity contribution in [1.82, 2.24) is 10.2 Å². The Morgan fingerprint density at radius 2 is 2.25 bits per heavy atom. The van der Waals surface area contributed by atoms with Crippen LogP contribution in [0.2, 0.25) is 0 Å². The summed E-state index contributed by atoms with van der Waals surface area (Å²) in [5.74, 6) is 0. The van der Waals surface area contributed by atoms with Gasteiger partial charge in [-0.05, 0) is 32.7 Å².